The SMILES string of the molecule is C=C1CCC[C@@]1(C)NC(=O)c1cc2[nH]c3ccccc3c(=O)c2cc1F. The van der Waals surface area contributed by atoms with Crippen LogP contribution in [-0.2, 0) is 0 Å². The molecule has 0 bridgehead atoms. The fraction of sp³-hybridized carbons (Fsp3) is 0.238. The van der Waals surface area contributed by atoms with Gasteiger partial charge in [0.05, 0.1) is 16.6 Å². The Morgan fingerprint density at radius 1 is 1.23 bits per heavy atom. The summed E-state index contributed by atoms with van der Waals surface area (Å²) in [5.41, 5.74) is 1.19. The molecule has 2 aromatic carbocycles. The number of halogens is 1. The smallest absolute Gasteiger partial charge is 0.255 e. The number of aromatic amines is 1. The maximum Gasteiger partial charge on any atom is 0.255 e. The predicted octanol–water partition coefficient (Wildman–Crippen LogP) is 4.05. The van der Waals surface area contributed by atoms with Gasteiger partial charge in [0.15, 0.2) is 5.43 Å². The molecular weight excluding hydrogens is 331 g/mol. The number of carbonyl (C=O) groups is 1. The first-order valence-electron chi connectivity index (χ1n) is 8.64. The molecule has 1 saturated carbocycles. The van der Waals surface area contributed by atoms with Gasteiger partial charge in [-0.25, -0.2) is 4.39 Å². The molecule has 0 spiro atoms. The first-order chi connectivity index (χ1) is 12.4. The van der Waals surface area contributed by atoms with Gasteiger partial charge in [0.25, 0.3) is 5.91 Å². The molecule has 0 aliphatic heterocycles. The van der Waals surface area contributed by atoms with Crippen LogP contribution in [0.25, 0.3) is 21.8 Å². The molecule has 1 aliphatic carbocycles. The number of nitrogens with one attached hydrogen (secondary N) is 2. The van der Waals surface area contributed by atoms with Crippen LogP contribution in [0.1, 0.15) is 36.5 Å². The molecule has 1 fully saturated rings. The first-order valence-corrected chi connectivity index (χ1v) is 8.64. The van der Waals surface area contributed by atoms with Crippen molar-refractivity contribution in [2.45, 2.75) is 31.7 Å². The lowest BCUT2D eigenvalue weighted by Crippen LogP contribution is -2.45. The lowest BCUT2D eigenvalue weighted by atomic mass is 9.95. The van der Waals surface area contributed by atoms with Gasteiger partial charge in [0.1, 0.15) is 5.82 Å². The number of fused-ring (bicyclic) bond motifs is 2. The van der Waals surface area contributed by atoms with Crippen molar-refractivity contribution >= 4 is 27.7 Å². The minimum atomic E-state index is -0.706. The third-order valence-electron chi connectivity index (χ3n) is 5.36. The van der Waals surface area contributed by atoms with Gasteiger partial charge in [-0.05, 0) is 50.5 Å². The Bertz CT molecular complexity index is 1130. The van der Waals surface area contributed by atoms with Crippen LogP contribution in [-0.4, -0.2) is 16.4 Å². The average molecular weight is 350 g/mol. The molecule has 1 heterocycles. The quantitative estimate of drug-likeness (QED) is 0.541. The molecule has 1 aliphatic rings. The summed E-state index contributed by atoms with van der Waals surface area (Å²) in [6.45, 7) is 5.93. The van der Waals surface area contributed by atoms with Crippen molar-refractivity contribution in [3.8, 4) is 0 Å². The maximum atomic E-state index is 14.6. The van der Waals surface area contributed by atoms with Gasteiger partial charge in [-0.3, -0.25) is 9.59 Å². The Morgan fingerprint density at radius 3 is 2.73 bits per heavy atom. The number of rotatable bonds is 2. The number of aromatic nitrogens is 1. The van der Waals surface area contributed by atoms with Crippen LogP contribution >= 0.6 is 0 Å². The number of hydrogen-bond donors (Lipinski definition) is 2. The van der Waals surface area contributed by atoms with Crippen molar-refractivity contribution in [1.29, 1.82) is 0 Å². The highest BCUT2D eigenvalue weighted by Crippen LogP contribution is 2.33. The largest absolute Gasteiger partial charge is 0.354 e. The summed E-state index contributed by atoms with van der Waals surface area (Å²) in [6.07, 6.45) is 2.60. The normalized spacial score (nSPS) is 20.0. The molecule has 4 nitrogen and oxygen atoms in total. The molecule has 3 aromatic rings. The zero-order chi connectivity index (χ0) is 18.5. The van der Waals surface area contributed by atoms with Crippen LogP contribution in [0, 0.1) is 5.82 Å². The lowest BCUT2D eigenvalue weighted by Gasteiger charge is -2.27. The van der Waals surface area contributed by atoms with Crippen molar-refractivity contribution in [3.63, 3.8) is 0 Å². The van der Waals surface area contributed by atoms with E-state index in [9.17, 15) is 14.0 Å². The highest BCUT2D eigenvalue weighted by Gasteiger charge is 2.34. The van der Waals surface area contributed by atoms with E-state index in [2.05, 4.69) is 16.9 Å². The number of pyridine rings is 1. The summed E-state index contributed by atoms with van der Waals surface area (Å²) in [5, 5.41) is 3.63. The summed E-state index contributed by atoms with van der Waals surface area (Å²) in [6, 6.07) is 9.60. The number of para-hydroxylation sites is 1. The molecule has 26 heavy (non-hydrogen) atoms. The van der Waals surface area contributed by atoms with Crippen LogP contribution in [0.5, 0.6) is 0 Å². The second kappa shape index (κ2) is 5.80. The molecule has 5 heteroatoms. The Kier molecular flexibility index (Phi) is 3.68. The van der Waals surface area contributed by atoms with Crippen molar-refractivity contribution < 1.29 is 9.18 Å². The van der Waals surface area contributed by atoms with Crippen LogP contribution in [0.4, 0.5) is 4.39 Å². The first kappa shape index (κ1) is 16.5. The van der Waals surface area contributed by atoms with E-state index in [1.54, 1.807) is 18.2 Å². The van der Waals surface area contributed by atoms with Crippen molar-refractivity contribution in [2.24, 2.45) is 0 Å². The zero-order valence-electron chi connectivity index (χ0n) is 14.5. The fourth-order valence-electron chi connectivity index (χ4n) is 3.70. The summed E-state index contributed by atoms with van der Waals surface area (Å²) in [5.74, 6) is -1.20. The minimum absolute atomic E-state index is 0.0793. The average Bonchev–Trinajstić information content (AvgIpc) is 2.94. The second-order valence-electron chi connectivity index (χ2n) is 7.12. The van der Waals surface area contributed by atoms with Gasteiger partial charge in [-0.2, -0.15) is 0 Å². The number of amides is 1. The minimum Gasteiger partial charge on any atom is -0.354 e. The molecular formula is C21H19FN2O2. The van der Waals surface area contributed by atoms with Gasteiger partial charge < -0.3 is 10.3 Å². The van der Waals surface area contributed by atoms with Crippen molar-refractivity contribution in [3.05, 3.63) is 70.2 Å². The molecule has 0 saturated heterocycles. The van der Waals surface area contributed by atoms with Crippen molar-refractivity contribution in [2.75, 3.05) is 0 Å². The van der Waals surface area contributed by atoms with E-state index in [0.29, 0.717) is 16.4 Å². The van der Waals surface area contributed by atoms with E-state index in [-0.39, 0.29) is 16.4 Å². The molecule has 132 valence electrons. The molecule has 1 aromatic heterocycles. The number of H-pyrrole nitrogens is 1. The molecule has 2 N–H and O–H groups in total. The van der Waals surface area contributed by atoms with Crippen LogP contribution < -0.4 is 10.7 Å². The number of carbonyl (C=O) groups excluding carboxylic acids is 1. The van der Waals surface area contributed by atoms with E-state index in [0.717, 1.165) is 30.9 Å². The van der Waals surface area contributed by atoms with E-state index in [1.165, 1.54) is 6.07 Å². The Morgan fingerprint density at radius 2 is 2.00 bits per heavy atom. The maximum absolute atomic E-state index is 14.6. The van der Waals surface area contributed by atoms with Gasteiger partial charge in [0, 0.05) is 16.3 Å². The third kappa shape index (κ3) is 2.51. The molecule has 4 rings (SSSR count). The van der Waals surface area contributed by atoms with Crippen molar-refractivity contribution in [1.82, 2.24) is 10.3 Å². The summed E-state index contributed by atoms with van der Waals surface area (Å²) in [7, 11) is 0. The molecule has 0 radical (unpaired) electrons. The summed E-state index contributed by atoms with van der Waals surface area (Å²) < 4.78 is 14.6. The van der Waals surface area contributed by atoms with Crippen LogP contribution in [0.3, 0.4) is 0 Å². The van der Waals surface area contributed by atoms with Gasteiger partial charge in [-0.1, -0.05) is 24.3 Å². The van der Waals surface area contributed by atoms with Gasteiger partial charge >= 0.3 is 0 Å². The van der Waals surface area contributed by atoms with Crippen LogP contribution in [0.15, 0.2) is 53.3 Å². The van der Waals surface area contributed by atoms with Gasteiger partial charge in [0.2, 0.25) is 0 Å². The predicted molar refractivity (Wildman–Crippen MR) is 101 cm³/mol. The molecule has 0 unspecified atom stereocenters. The van der Waals surface area contributed by atoms with E-state index in [4.69, 9.17) is 0 Å². The second-order valence-corrected chi connectivity index (χ2v) is 7.12. The highest BCUT2D eigenvalue weighted by atomic mass is 19.1. The Hall–Kier alpha value is -2.95. The summed E-state index contributed by atoms with van der Waals surface area (Å²) in [4.78, 5) is 28.4. The van der Waals surface area contributed by atoms with Crippen LogP contribution in [0.2, 0.25) is 0 Å². The number of benzene rings is 2. The fourth-order valence-corrected chi connectivity index (χ4v) is 3.70. The van der Waals surface area contributed by atoms with Gasteiger partial charge in [-0.15, -0.1) is 0 Å². The monoisotopic (exact) mass is 350 g/mol. The lowest BCUT2D eigenvalue weighted by molar-refractivity contribution is 0.0916. The molecule has 1 amide bonds. The Labute approximate surface area is 149 Å². The standard InChI is InChI=1S/C21H19FN2O2/c1-12-6-5-9-21(12,2)24-20(26)14-11-18-15(10-16(14)22)19(25)13-7-3-4-8-17(13)23-18/h3-4,7-8,10-11H,1,5-6,9H2,2H3,(H,23,25)(H,24,26)/t21-/m1/s1. The van der Waals surface area contributed by atoms with E-state index < -0.39 is 17.3 Å². The molecule has 1 atom stereocenters. The summed E-state index contributed by atoms with van der Waals surface area (Å²) >= 11 is 0. The number of hydrogen-bond acceptors (Lipinski definition) is 2. The van der Waals surface area contributed by atoms with E-state index in [1.807, 2.05) is 13.0 Å². The zero-order valence-corrected chi connectivity index (χ0v) is 14.5. The Balaban J connectivity index is 1.82. The topological polar surface area (TPSA) is 62.0 Å². The highest BCUT2D eigenvalue weighted by molar-refractivity contribution is 6.00. The van der Waals surface area contributed by atoms with E-state index >= 15 is 0 Å². The third-order valence-corrected chi connectivity index (χ3v) is 5.36.